The number of imidazole rings is 1. The molecule has 0 saturated carbocycles. The molecule has 0 aromatic carbocycles. The van der Waals surface area contributed by atoms with Crippen LogP contribution in [0.2, 0.25) is 0 Å². The summed E-state index contributed by atoms with van der Waals surface area (Å²) in [7, 11) is 0. The van der Waals surface area contributed by atoms with Crippen LogP contribution in [0.3, 0.4) is 0 Å². The van der Waals surface area contributed by atoms with Crippen LogP contribution in [-0.2, 0) is 6.54 Å². The molecule has 3 atom stereocenters. The van der Waals surface area contributed by atoms with E-state index in [1.807, 2.05) is 21.6 Å². The first-order valence-corrected chi connectivity index (χ1v) is 10.9. The Labute approximate surface area is 180 Å². The number of carbonyl (C=O) groups is 1. The van der Waals surface area contributed by atoms with E-state index < -0.39 is 0 Å². The van der Waals surface area contributed by atoms with E-state index in [1.54, 1.807) is 23.2 Å². The van der Waals surface area contributed by atoms with Crippen LogP contribution in [0.4, 0.5) is 0 Å². The minimum Gasteiger partial charge on any atom is -0.394 e. The lowest BCUT2D eigenvalue weighted by Crippen LogP contribution is -2.51. The number of hydrogen-bond acceptors (Lipinski definition) is 5. The Kier molecular flexibility index (Phi) is 4.89. The van der Waals surface area contributed by atoms with E-state index in [9.17, 15) is 14.7 Å². The first-order valence-electron chi connectivity index (χ1n) is 10.9. The lowest BCUT2D eigenvalue weighted by molar-refractivity contribution is 0.0437. The average molecular weight is 422 g/mol. The summed E-state index contributed by atoms with van der Waals surface area (Å²) >= 11 is 0. The van der Waals surface area contributed by atoms with Crippen LogP contribution in [0.5, 0.6) is 0 Å². The number of likely N-dealkylation sites (tertiary alicyclic amines) is 1. The zero-order valence-corrected chi connectivity index (χ0v) is 17.8. The van der Waals surface area contributed by atoms with Gasteiger partial charge in [-0.15, -0.1) is 0 Å². The number of aliphatic hydroxyl groups excluding tert-OH is 1. The lowest BCUT2D eigenvalue weighted by atomic mass is 9.78. The van der Waals surface area contributed by atoms with E-state index in [0.717, 1.165) is 24.3 Å². The number of pyridine rings is 2. The van der Waals surface area contributed by atoms with Crippen LogP contribution >= 0.6 is 0 Å². The van der Waals surface area contributed by atoms with E-state index in [-0.39, 0.29) is 36.0 Å². The normalized spacial score (nSPS) is 22.7. The molecule has 31 heavy (non-hydrogen) atoms. The Balaban J connectivity index is 1.44. The van der Waals surface area contributed by atoms with Crippen molar-refractivity contribution in [2.75, 3.05) is 19.7 Å². The maximum Gasteiger partial charge on any atom is 0.255 e. The molecular weight excluding hydrogens is 394 g/mol. The van der Waals surface area contributed by atoms with Gasteiger partial charge in [0.05, 0.1) is 24.5 Å². The van der Waals surface area contributed by atoms with Gasteiger partial charge < -0.3 is 19.1 Å². The van der Waals surface area contributed by atoms with Crippen molar-refractivity contribution in [3.05, 3.63) is 58.4 Å². The van der Waals surface area contributed by atoms with Gasteiger partial charge in [0.15, 0.2) is 5.65 Å². The number of aromatic nitrogens is 4. The van der Waals surface area contributed by atoms with Crippen LogP contribution in [0.15, 0.2) is 41.6 Å². The van der Waals surface area contributed by atoms with Crippen molar-refractivity contribution in [2.24, 2.45) is 11.8 Å². The molecule has 1 fully saturated rings. The second-order valence-electron chi connectivity index (χ2n) is 9.17. The molecule has 1 saturated heterocycles. The van der Waals surface area contributed by atoms with E-state index in [0.29, 0.717) is 30.1 Å². The molecule has 162 valence electrons. The Morgan fingerprint density at radius 3 is 2.87 bits per heavy atom. The molecule has 2 aliphatic rings. The standard InChI is InChI=1S/C23H27N5O3/c1-14(2)9-27-13-25-18-7-15(8-24-22(18)27)23(31)26-10-16-6-17(11-26)20(12-29)28-19(16)4-3-5-21(28)30/h3-5,7-8,13-14,16-17,20,29H,6,9-12H2,1-2H3/t16-,17+,20+/m1/s1. The third-order valence-corrected chi connectivity index (χ3v) is 6.54. The molecule has 8 nitrogen and oxygen atoms in total. The average Bonchev–Trinajstić information content (AvgIpc) is 3.15. The Morgan fingerprint density at radius 2 is 2.10 bits per heavy atom. The van der Waals surface area contributed by atoms with Gasteiger partial charge in [-0.1, -0.05) is 19.9 Å². The summed E-state index contributed by atoms with van der Waals surface area (Å²) in [6.45, 7) is 6.06. The third-order valence-electron chi connectivity index (χ3n) is 6.54. The van der Waals surface area contributed by atoms with Crippen molar-refractivity contribution in [3.63, 3.8) is 0 Å². The van der Waals surface area contributed by atoms with Crippen molar-refractivity contribution >= 4 is 17.1 Å². The third kappa shape index (κ3) is 3.35. The monoisotopic (exact) mass is 421 g/mol. The highest BCUT2D eigenvalue weighted by Crippen LogP contribution is 2.41. The number of aliphatic hydroxyl groups is 1. The van der Waals surface area contributed by atoms with Crippen molar-refractivity contribution in [1.82, 2.24) is 24.0 Å². The molecule has 2 aliphatic heterocycles. The van der Waals surface area contributed by atoms with E-state index >= 15 is 0 Å². The quantitative estimate of drug-likeness (QED) is 0.696. The van der Waals surface area contributed by atoms with Crippen molar-refractivity contribution in [3.8, 4) is 0 Å². The molecule has 2 bridgehead atoms. The van der Waals surface area contributed by atoms with Gasteiger partial charge in [0.25, 0.3) is 11.5 Å². The van der Waals surface area contributed by atoms with E-state index in [1.165, 1.54) is 6.07 Å². The Hall–Kier alpha value is -3.00. The fraction of sp³-hybridized carbons (Fsp3) is 0.478. The molecule has 0 radical (unpaired) electrons. The van der Waals surface area contributed by atoms with Gasteiger partial charge in [-0.3, -0.25) is 9.59 Å². The molecule has 8 heteroatoms. The van der Waals surface area contributed by atoms with Crippen LogP contribution < -0.4 is 5.56 Å². The molecule has 0 unspecified atom stereocenters. The first-order chi connectivity index (χ1) is 15.0. The molecule has 1 N–H and O–H groups in total. The molecule has 5 heterocycles. The van der Waals surface area contributed by atoms with Gasteiger partial charge in [0.2, 0.25) is 0 Å². The highest BCUT2D eigenvalue weighted by atomic mass is 16.3. The van der Waals surface area contributed by atoms with Crippen LogP contribution in [0.1, 0.15) is 48.3 Å². The SMILES string of the molecule is CC(C)Cn1cnc2cc(C(=O)N3C[C@H]4C[C@@H](C3)[C@H](CO)n3c4cccc3=O)cnc21. The molecule has 3 aromatic heterocycles. The van der Waals surface area contributed by atoms with Gasteiger partial charge in [-0.05, 0) is 24.5 Å². The van der Waals surface area contributed by atoms with Gasteiger partial charge in [0.1, 0.15) is 5.52 Å². The number of hydrogen-bond donors (Lipinski definition) is 1. The summed E-state index contributed by atoms with van der Waals surface area (Å²) in [5.74, 6) is 0.526. The highest BCUT2D eigenvalue weighted by molar-refractivity contribution is 5.96. The number of amides is 1. The van der Waals surface area contributed by atoms with Crippen LogP contribution in [0, 0.1) is 11.8 Å². The van der Waals surface area contributed by atoms with Gasteiger partial charge in [-0.2, -0.15) is 0 Å². The predicted octanol–water partition coefficient (Wildman–Crippen LogP) is 2.04. The van der Waals surface area contributed by atoms with Crippen molar-refractivity contribution in [1.29, 1.82) is 0 Å². The van der Waals surface area contributed by atoms with Crippen molar-refractivity contribution in [2.45, 2.75) is 38.8 Å². The topological polar surface area (TPSA) is 93.2 Å². The molecule has 3 aromatic rings. The first kappa shape index (κ1) is 19.9. The van der Waals surface area contributed by atoms with Crippen molar-refractivity contribution < 1.29 is 9.90 Å². The predicted molar refractivity (Wildman–Crippen MR) is 116 cm³/mol. The lowest BCUT2D eigenvalue weighted by Gasteiger charge is -2.46. The smallest absolute Gasteiger partial charge is 0.255 e. The maximum absolute atomic E-state index is 13.4. The number of fused-ring (bicyclic) bond motifs is 5. The Morgan fingerprint density at radius 1 is 1.26 bits per heavy atom. The summed E-state index contributed by atoms with van der Waals surface area (Å²) in [6, 6.07) is 6.74. The molecular formula is C23H27N5O3. The highest BCUT2D eigenvalue weighted by Gasteiger charge is 2.41. The van der Waals surface area contributed by atoms with Gasteiger partial charge in [0, 0.05) is 49.4 Å². The number of piperidine rings is 1. The molecule has 5 rings (SSSR count). The Bertz CT molecular complexity index is 1200. The van der Waals surface area contributed by atoms with Crippen LogP contribution in [0.25, 0.3) is 11.2 Å². The number of nitrogens with zero attached hydrogens (tertiary/aromatic N) is 5. The summed E-state index contributed by atoms with van der Waals surface area (Å²) in [5, 5.41) is 10.0. The van der Waals surface area contributed by atoms with Gasteiger partial charge >= 0.3 is 0 Å². The second kappa shape index (κ2) is 7.60. The van der Waals surface area contributed by atoms with Crippen LogP contribution in [-0.4, -0.2) is 54.7 Å². The zero-order chi connectivity index (χ0) is 21.7. The molecule has 0 aliphatic carbocycles. The fourth-order valence-corrected chi connectivity index (χ4v) is 5.22. The summed E-state index contributed by atoms with van der Waals surface area (Å²) in [6.07, 6.45) is 4.28. The minimum absolute atomic E-state index is 0.0437. The largest absolute Gasteiger partial charge is 0.394 e. The summed E-state index contributed by atoms with van der Waals surface area (Å²) in [4.78, 5) is 36.6. The number of carbonyl (C=O) groups excluding carboxylic acids is 1. The van der Waals surface area contributed by atoms with E-state index in [4.69, 9.17) is 0 Å². The fourth-order valence-electron chi connectivity index (χ4n) is 5.22. The van der Waals surface area contributed by atoms with Gasteiger partial charge in [-0.25, -0.2) is 9.97 Å². The maximum atomic E-state index is 13.4. The zero-order valence-electron chi connectivity index (χ0n) is 17.8. The summed E-state index contributed by atoms with van der Waals surface area (Å²) in [5.41, 5.74) is 2.84. The minimum atomic E-state index is -0.303. The molecule has 1 amide bonds. The van der Waals surface area contributed by atoms with E-state index in [2.05, 4.69) is 23.8 Å². The number of rotatable bonds is 4. The molecule has 0 spiro atoms. The summed E-state index contributed by atoms with van der Waals surface area (Å²) < 4.78 is 3.75. The second-order valence-corrected chi connectivity index (χ2v) is 9.17.